The molecule has 3 heterocycles. The predicted octanol–water partition coefficient (Wildman–Crippen LogP) is 4.04. The van der Waals surface area contributed by atoms with Crippen LogP contribution in [0.5, 0.6) is 5.88 Å². The molecular weight excluding hydrogens is 388 g/mol. The van der Waals surface area contributed by atoms with Crippen molar-refractivity contribution in [1.29, 1.82) is 0 Å². The number of nitrogens with one attached hydrogen (secondary N) is 1. The van der Waals surface area contributed by atoms with Crippen molar-refractivity contribution in [3.63, 3.8) is 0 Å². The Kier molecular flexibility index (Phi) is 4.84. The van der Waals surface area contributed by atoms with Crippen molar-refractivity contribution in [2.75, 3.05) is 23.3 Å². The summed E-state index contributed by atoms with van der Waals surface area (Å²) in [7, 11) is 0. The van der Waals surface area contributed by atoms with E-state index < -0.39 is 11.6 Å². The number of fused-ring (bicyclic) bond motifs is 1. The zero-order valence-electron chi connectivity index (χ0n) is 16.5. The van der Waals surface area contributed by atoms with Crippen LogP contribution in [0.3, 0.4) is 0 Å². The molecule has 2 aliphatic rings. The van der Waals surface area contributed by atoms with E-state index in [1.807, 2.05) is 0 Å². The Hall–Kier alpha value is -3.03. The van der Waals surface area contributed by atoms with Crippen LogP contribution in [0.4, 0.5) is 20.4 Å². The molecule has 0 unspecified atom stereocenters. The van der Waals surface area contributed by atoms with Crippen molar-refractivity contribution < 1.29 is 13.9 Å². The Morgan fingerprint density at radius 2 is 1.83 bits per heavy atom. The lowest BCUT2D eigenvalue weighted by Gasteiger charge is -2.33. The minimum Gasteiger partial charge on any atom is -0.493 e. The monoisotopic (exact) mass is 411 g/mol. The third-order valence-corrected chi connectivity index (χ3v) is 5.87. The van der Waals surface area contributed by atoms with Crippen molar-refractivity contribution >= 4 is 22.7 Å². The summed E-state index contributed by atoms with van der Waals surface area (Å²) >= 11 is 0. The maximum absolute atomic E-state index is 14.0. The average Bonchev–Trinajstić information content (AvgIpc) is 3.54. The predicted molar refractivity (Wildman–Crippen MR) is 111 cm³/mol. The van der Waals surface area contributed by atoms with E-state index in [1.54, 1.807) is 6.07 Å². The van der Waals surface area contributed by atoms with Crippen molar-refractivity contribution in [3.8, 4) is 5.88 Å². The van der Waals surface area contributed by atoms with Gasteiger partial charge in [0.1, 0.15) is 17.2 Å². The van der Waals surface area contributed by atoms with Gasteiger partial charge in [-0.3, -0.25) is 0 Å². The van der Waals surface area contributed by atoms with E-state index in [2.05, 4.69) is 15.2 Å². The summed E-state index contributed by atoms with van der Waals surface area (Å²) < 4.78 is 27.2. The smallest absolute Gasteiger partial charge is 0.213 e. The number of rotatable bonds is 5. The number of benzene rings is 1. The maximum Gasteiger partial charge on any atom is 0.213 e. The van der Waals surface area contributed by atoms with E-state index in [0.717, 1.165) is 56.5 Å². The molecule has 0 atom stereocenters. The fraction of sp³-hybridized carbons (Fsp3) is 0.409. The van der Waals surface area contributed by atoms with Crippen LogP contribution in [0.25, 0.3) is 11.0 Å². The van der Waals surface area contributed by atoms with Gasteiger partial charge in [0.05, 0.1) is 11.7 Å². The first-order chi connectivity index (χ1) is 14.5. The molecular formula is C22H23F2N5O. The van der Waals surface area contributed by atoms with Crippen molar-refractivity contribution in [3.05, 3.63) is 47.7 Å². The van der Waals surface area contributed by atoms with Crippen LogP contribution >= 0.6 is 0 Å². The highest BCUT2D eigenvalue weighted by Crippen LogP contribution is 2.33. The van der Waals surface area contributed by atoms with Gasteiger partial charge >= 0.3 is 0 Å². The summed E-state index contributed by atoms with van der Waals surface area (Å²) in [5.41, 5.74) is 1.82. The second kappa shape index (κ2) is 7.66. The standard InChI is InChI=1S/C22H23F2N5O/c23-15-2-1-14(17(24)10-15)9-13-5-7-29(8-6-13)22-21(26-16-3-4-16)27-18-11-20(30)25-12-19(18)28-22/h1-2,10-13,16H,3-9H2,(H,25,30)(H,26,27). The van der Waals surface area contributed by atoms with Gasteiger partial charge in [-0.25, -0.2) is 23.7 Å². The average molecular weight is 411 g/mol. The third-order valence-electron chi connectivity index (χ3n) is 5.87. The van der Waals surface area contributed by atoms with Crippen molar-refractivity contribution in [1.82, 2.24) is 15.0 Å². The number of anilines is 2. The van der Waals surface area contributed by atoms with Crippen LogP contribution in [0, 0.1) is 17.6 Å². The maximum atomic E-state index is 14.0. The highest BCUT2D eigenvalue weighted by Gasteiger charge is 2.28. The molecule has 1 aliphatic carbocycles. The Balaban J connectivity index is 1.34. The van der Waals surface area contributed by atoms with Crippen LogP contribution < -0.4 is 10.2 Å². The van der Waals surface area contributed by atoms with Crippen molar-refractivity contribution in [2.45, 2.75) is 38.1 Å². The Labute approximate surface area is 173 Å². The molecule has 30 heavy (non-hydrogen) atoms. The SMILES string of the molecule is Oc1cc2nc(NC3CC3)c(N3CCC(Cc4ccc(F)cc4F)CC3)nc2cn1. The molecule has 3 aromatic rings. The molecule has 0 spiro atoms. The summed E-state index contributed by atoms with van der Waals surface area (Å²) in [5, 5.41) is 13.1. The van der Waals surface area contributed by atoms with Crippen molar-refractivity contribution in [2.24, 2.45) is 5.92 Å². The number of aromatic nitrogens is 3. The minimum atomic E-state index is -0.542. The number of nitrogens with zero attached hydrogens (tertiary/aromatic N) is 4. The molecule has 2 fully saturated rings. The lowest BCUT2D eigenvalue weighted by atomic mass is 9.90. The van der Waals surface area contributed by atoms with Gasteiger partial charge in [0, 0.05) is 31.3 Å². The number of hydrogen-bond donors (Lipinski definition) is 2. The molecule has 0 bridgehead atoms. The lowest BCUT2D eigenvalue weighted by Crippen LogP contribution is -2.35. The quantitative estimate of drug-likeness (QED) is 0.660. The molecule has 156 valence electrons. The van der Waals surface area contributed by atoms with E-state index in [-0.39, 0.29) is 5.88 Å². The Morgan fingerprint density at radius 3 is 2.57 bits per heavy atom. The molecule has 1 aliphatic heterocycles. The number of halogens is 2. The first kappa shape index (κ1) is 19.0. The topological polar surface area (TPSA) is 74.2 Å². The zero-order valence-corrected chi connectivity index (χ0v) is 16.5. The minimum absolute atomic E-state index is 0.0734. The summed E-state index contributed by atoms with van der Waals surface area (Å²) in [4.78, 5) is 15.6. The largest absolute Gasteiger partial charge is 0.493 e. The second-order valence-corrected chi connectivity index (χ2v) is 8.22. The zero-order chi connectivity index (χ0) is 20.7. The molecule has 0 radical (unpaired) electrons. The highest BCUT2D eigenvalue weighted by molar-refractivity contribution is 5.80. The van der Waals surface area contributed by atoms with Crippen LogP contribution in [0.1, 0.15) is 31.2 Å². The van der Waals surface area contributed by atoms with E-state index in [4.69, 9.17) is 9.97 Å². The molecule has 2 N–H and O–H groups in total. The highest BCUT2D eigenvalue weighted by atomic mass is 19.1. The molecule has 6 nitrogen and oxygen atoms in total. The van der Waals surface area contributed by atoms with Gasteiger partial charge in [-0.15, -0.1) is 0 Å². The molecule has 5 rings (SSSR count). The number of pyridine rings is 1. The fourth-order valence-corrected chi connectivity index (χ4v) is 4.03. The number of aromatic hydroxyl groups is 1. The van der Waals surface area contributed by atoms with E-state index in [9.17, 15) is 13.9 Å². The lowest BCUT2D eigenvalue weighted by molar-refractivity contribution is 0.396. The van der Waals surface area contributed by atoms with Gasteiger partial charge < -0.3 is 15.3 Å². The van der Waals surface area contributed by atoms with Gasteiger partial charge in [-0.05, 0) is 49.7 Å². The normalized spacial score (nSPS) is 17.5. The molecule has 1 saturated heterocycles. The van der Waals surface area contributed by atoms with Crippen LogP contribution in [0.15, 0.2) is 30.5 Å². The van der Waals surface area contributed by atoms with Gasteiger partial charge in [0.25, 0.3) is 0 Å². The molecule has 2 aromatic heterocycles. The van der Waals surface area contributed by atoms with Crippen LogP contribution in [-0.2, 0) is 6.42 Å². The van der Waals surface area contributed by atoms with Crippen LogP contribution in [0.2, 0.25) is 0 Å². The Bertz CT molecular complexity index is 1080. The number of piperidine rings is 1. The summed E-state index contributed by atoms with van der Waals surface area (Å²) in [6, 6.07) is 5.76. The van der Waals surface area contributed by atoms with E-state index in [0.29, 0.717) is 35.0 Å². The van der Waals surface area contributed by atoms with E-state index >= 15 is 0 Å². The fourth-order valence-electron chi connectivity index (χ4n) is 4.03. The van der Waals surface area contributed by atoms with Crippen LogP contribution in [-0.4, -0.2) is 39.2 Å². The first-order valence-electron chi connectivity index (χ1n) is 10.4. The molecule has 8 heteroatoms. The number of hydrogen-bond acceptors (Lipinski definition) is 6. The Morgan fingerprint density at radius 1 is 1.03 bits per heavy atom. The third kappa shape index (κ3) is 3.99. The molecule has 1 aromatic carbocycles. The van der Waals surface area contributed by atoms with E-state index in [1.165, 1.54) is 18.3 Å². The van der Waals surface area contributed by atoms with Gasteiger partial charge in [0.15, 0.2) is 11.6 Å². The van der Waals surface area contributed by atoms with Gasteiger partial charge in [-0.2, -0.15) is 0 Å². The summed E-state index contributed by atoms with van der Waals surface area (Å²) in [6.45, 7) is 1.58. The molecule has 0 amide bonds. The molecule has 1 saturated carbocycles. The summed E-state index contributed by atoms with van der Waals surface area (Å²) in [6.07, 6.45) is 6.17. The van der Waals surface area contributed by atoms with Gasteiger partial charge in [0.2, 0.25) is 5.88 Å². The van der Waals surface area contributed by atoms with Gasteiger partial charge in [-0.1, -0.05) is 6.07 Å². The first-order valence-corrected chi connectivity index (χ1v) is 10.4. The second-order valence-electron chi connectivity index (χ2n) is 8.22. The summed E-state index contributed by atoms with van der Waals surface area (Å²) in [5.74, 6) is 0.791.